The van der Waals surface area contributed by atoms with Crippen molar-refractivity contribution in [1.82, 2.24) is 0 Å². The van der Waals surface area contributed by atoms with Crippen LogP contribution in [0, 0.1) is 20.8 Å². The Labute approximate surface area is 183 Å². The molecule has 0 unspecified atom stereocenters. The van der Waals surface area contributed by atoms with Crippen LogP contribution in [0.4, 0.5) is 5.69 Å². The van der Waals surface area contributed by atoms with E-state index >= 15 is 0 Å². The molecule has 0 fully saturated rings. The fourth-order valence-corrected chi connectivity index (χ4v) is 3.31. The third-order valence-electron chi connectivity index (χ3n) is 4.92. The van der Waals surface area contributed by atoms with E-state index in [1.54, 1.807) is 31.2 Å². The van der Waals surface area contributed by atoms with E-state index in [1.165, 1.54) is 0 Å². The number of rotatable bonds is 7. The van der Waals surface area contributed by atoms with Crippen LogP contribution in [0.25, 0.3) is 0 Å². The zero-order valence-electron chi connectivity index (χ0n) is 18.3. The predicted molar refractivity (Wildman–Crippen MR) is 121 cm³/mol. The van der Waals surface area contributed by atoms with E-state index in [1.807, 2.05) is 63.2 Å². The maximum Gasteiger partial charge on any atom is 0.338 e. The van der Waals surface area contributed by atoms with Crippen LogP contribution in [0.3, 0.4) is 0 Å². The highest BCUT2D eigenvalue weighted by Gasteiger charge is 2.20. The quantitative estimate of drug-likeness (QED) is 0.525. The number of carbonyl (C=O) groups is 2. The van der Waals surface area contributed by atoms with Crippen LogP contribution in [0.15, 0.2) is 66.7 Å². The molecule has 0 spiro atoms. The van der Waals surface area contributed by atoms with E-state index < -0.39 is 12.1 Å². The van der Waals surface area contributed by atoms with Crippen molar-refractivity contribution in [1.29, 1.82) is 0 Å². The number of carbonyl (C=O) groups excluding carboxylic acids is 2. The lowest BCUT2D eigenvalue weighted by molar-refractivity contribution is -0.123. The van der Waals surface area contributed by atoms with Crippen LogP contribution in [-0.2, 0) is 16.1 Å². The summed E-state index contributed by atoms with van der Waals surface area (Å²) >= 11 is 0. The molecule has 0 saturated heterocycles. The summed E-state index contributed by atoms with van der Waals surface area (Å²) in [4.78, 5) is 25.0. The molecule has 3 aromatic rings. The van der Waals surface area contributed by atoms with Crippen molar-refractivity contribution >= 4 is 17.6 Å². The summed E-state index contributed by atoms with van der Waals surface area (Å²) in [6.07, 6.45) is -0.929. The van der Waals surface area contributed by atoms with Gasteiger partial charge in [0.15, 0.2) is 6.10 Å². The van der Waals surface area contributed by atoms with Gasteiger partial charge < -0.3 is 14.8 Å². The molecule has 3 aromatic carbocycles. The first-order chi connectivity index (χ1) is 14.8. The minimum absolute atomic E-state index is 0.356. The van der Waals surface area contributed by atoms with Gasteiger partial charge in [0.25, 0.3) is 5.91 Å². The number of ether oxygens (including phenoxy) is 2. The van der Waals surface area contributed by atoms with E-state index in [0.717, 1.165) is 27.9 Å². The van der Waals surface area contributed by atoms with Crippen LogP contribution in [0.5, 0.6) is 5.75 Å². The highest BCUT2D eigenvalue weighted by Crippen LogP contribution is 2.22. The molecule has 5 nitrogen and oxygen atoms in total. The van der Waals surface area contributed by atoms with Crippen LogP contribution in [0.1, 0.15) is 39.5 Å². The zero-order valence-corrected chi connectivity index (χ0v) is 18.3. The molecule has 0 radical (unpaired) electrons. The Morgan fingerprint density at radius 1 is 0.903 bits per heavy atom. The molecule has 1 atom stereocenters. The number of hydrogen-bond acceptors (Lipinski definition) is 4. The first kappa shape index (κ1) is 22.1. The Kier molecular flexibility index (Phi) is 7.08. The van der Waals surface area contributed by atoms with Gasteiger partial charge >= 0.3 is 5.97 Å². The van der Waals surface area contributed by atoms with Gasteiger partial charge in [0.1, 0.15) is 12.4 Å². The molecule has 0 aliphatic heterocycles. The average molecular weight is 418 g/mol. The van der Waals surface area contributed by atoms with Gasteiger partial charge in [0.2, 0.25) is 0 Å². The van der Waals surface area contributed by atoms with Gasteiger partial charge in [-0.15, -0.1) is 0 Å². The number of esters is 1. The second-order valence-electron chi connectivity index (χ2n) is 7.61. The average Bonchev–Trinajstić information content (AvgIpc) is 2.75. The normalized spacial score (nSPS) is 11.5. The summed E-state index contributed by atoms with van der Waals surface area (Å²) < 4.78 is 11.1. The number of benzene rings is 3. The number of hydrogen-bond donors (Lipinski definition) is 1. The van der Waals surface area contributed by atoms with E-state index in [-0.39, 0.29) is 5.91 Å². The van der Waals surface area contributed by atoms with Crippen molar-refractivity contribution in [3.8, 4) is 5.75 Å². The second kappa shape index (κ2) is 9.94. The summed E-state index contributed by atoms with van der Waals surface area (Å²) in [5, 5.41) is 2.87. The van der Waals surface area contributed by atoms with Gasteiger partial charge in [-0.2, -0.15) is 0 Å². The molecule has 1 N–H and O–H groups in total. The Hall–Kier alpha value is -3.60. The first-order valence-corrected chi connectivity index (χ1v) is 10.2. The lowest BCUT2D eigenvalue weighted by atomic mass is 10.0. The summed E-state index contributed by atoms with van der Waals surface area (Å²) in [6, 6.07) is 20.5. The lowest BCUT2D eigenvalue weighted by Gasteiger charge is -2.17. The largest absolute Gasteiger partial charge is 0.489 e. The van der Waals surface area contributed by atoms with E-state index in [4.69, 9.17) is 9.47 Å². The molecule has 5 heteroatoms. The minimum Gasteiger partial charge on any atom is -0.489 e. The summed E-state index contributed by atoms with van der Waals surface area (Å²) in [5.74, 6) is -0.280. The molecule has 0 aliphatic rings. The summed E-state index contributed by atoms with van der Waals surface area (Å²) in [5.41, 5.74) is 5.23. The molecule has 0 heterocycles. The SMILES string of the molecule is Cc1cc(C)c(NC(=O)[C@@H](C)OC(=O)c2ccc(OCc3ccccc3)cc2)c(C)c1. The van der Waals surface area contributed by atoms with E-state index in [2.05, 4.69) is 5.32 Å². The number of anilines is 1. The molecule has 0 aliphatic carbocycles. The Bertz CT molecular complexity index is 1040. The Morgan fingerprint density at radius 3 is 2.13 bits per heavy atom. The van der Waals surface area contributed by atoms with E-state index in [9.17, 15) is 9.59 Å². The fourth-order valence-electron chi connectivity index (χ4n) is 3.31. The van der Waals surface area contributed by atoms with Gasteiger partial charge in [-0.3, -0.25) is 4.79 Å². The maximum atomic E-state index is 12.5. The van der Waals surface area contributed by atoms with Crippen molar-refractivity contribution in [2.75, 3.05) is 5.32 Å². The Balaban J connectivity index is 1.56. The molecular formula is C26H27NO4. The highest BCUT2D eigenvalue weighted by molar-refractivity contribution is 5.98. The predicted octanol–water partition coefficient (Wildman–Crippen LogP) is 5.37. The Morgan fingerprint density at radius 2 is 1.52 bits per heavy atom. The number of nitrogens with one attached hydrogen (secondary N) is 1. The minimum atomic E-state index is -0.929. The molecule has 1 amide bonds. The summed E-state index contributed by atoms with van der Waals surface area (Å²) in [6.45, 7) is 7.89. The van der Waals surface area contributed by atoms with Crippen molar-refractivity contribution in [3.05, 3.63) is 94.5 Å². The summed E-state index contributed by atoms with van der Waals surface area (Å²) in [7, 11) is 0. The van der Waals surface area contributed by atoms with Crippen molar-refractivity contribution < 1.29 is 19.1 Å². The molecule has 31 heavy (non-hydrogen) atoms. The van der Waals surface area contributed by atoms with Crippen molar-refractivity contribution in [3.63, 3.8) is 0 Å². The third kappa shape index (κ3) is 5.95. The molecular weight excluding hydrogens is 390 g/mol. The van der Waals surface area contributed by atoms with Gasteiger partial charge in [0.05, 0.1) is 5.56 Å². The van der Waals surface area contributed by atoms with Gasteiger partial charge in [-0.1, -0.05) is 48.0 Å². The standard InChI is InChI=1S/C26H27NO4/c1-17-14-18(2)24(19(3)15-17)27-25(28)20(4)31-26(29)22-10-12-23(13-11-22)30-16-21-8-6-5-7-9-21/h5-15,20H,16H2,1-4H3,(H,27,28)/t20-/m1/s1. The fraction of sp³-hybridized carbons (Fsp3) is 0.231. The molecule has 0 saturated carbocycles. The van der Waals surface area contributed by atoms with Crippen LogP contribution < -0.4 is 10.1 Å². The first-order valence-electron chi connectivity index (χ1n) is 10.2. The lowest BCUT2D eigenvalue weighted by Crippen LogP contribution is -2.30. The van der Waals surface area contributed by atoms with Crippen molar-refractivity contribution in [2.24, 2.45) is 0 Å². The topological polar surface area (TPSA) is 64.6 Å². The molecule has 0 aromatic heterocycles. The zero-order chi connectivity index (χ0) is 22.4. The van der Waals surface area contributed by atoms with Crippen LogP contribution in [0.2, 0.25) is 0 Å². The van der Waals surface area contributed by atoms with Crippen LogP contribution in [-0.4, -0.2) is 18.0 Å². The smallest absolute Gasteiger partial charge is 0.338 e. The highest BCUT2D eigenvalue weighted by atomic mass is 16.5. The van der Waals surface area contributed by atoms with Crippen LogP contribution >= 0.6 is 0 Å². The number of amides is 1. The van der Waals surface area contributed by atoms with Gasteiger partial charge in [-0.05, 0) is 68.7 Å². The third-order valence-corrected chi connectivity index (χ3v) is 4.92. The molecule has 3 rings (SSSR count). The maximum absolute atomic E-state index is 12.5. The second-order valence-corrected chi connectivity index (χ2v) is 7.61. The number of aryl methyl sites for hydroxylation is 3. The van der Waals surface area contributed by atoms with Gasteiger partial charge in [0, 0.05) is 5.69 Å². The molecule has 160 valence electrons. The van der Waals surface area contributed by atoms with Crippen molar-refractivity contribution in [2.45, 2.75) is 40.4 Å². The van der Waals surface area contributed by atoms with Gasteiger partial charge in [-0.25, -0.2) is 4.79 Å². The molecule has 0 bridgehead atoms. The van der Waals surface area contributed by atoms with E-state index in [0.29, 0.717) is 17.9 Å². The monoisotopic (exact) mass is 417 g/mol.